The van der Waals surface area contributed by atoms with Crippen molar-refractivity contribution in [3.63, 3.8) is 0 Å². The van der Waals surface area contributed by atoms with Gasteiger partial charge < -0.3 is 19.4 Å². The van der Waals surface area contributed by atoms with Crippen molar-refractivity contribution >= 4 is 22.6 Å². The summed E-state index contributed by atoms with van der Waals surface area (Å²) in [6.45, 7) is 3.34. The number of ether oxygens (including phenoxy) is 2. The molecule has 0 fully saturated rings. The number of aryl methyl sites for hydroxylation is 1. The third kappa shape index (κ3) is 3.86. The number of rotatable bonds is 8. The van der Waals surface area contributed by atoms with Crippen molar-refractivity contribution < 1.29 is 14.3 Å². The molecular formula is C19H24N4O4. The van der Waals surface area contributed by atoms with Gasteiger partial charge in [0.05, 0.1) is 12.0 Å². The van der Waals surface area contributed by atoms with Gasteiger partial charge in [-0.05, 0) is 31.5 Å². The van der Waals surface area contributed by atoms with Crippen LogP contribution in [0.1, 0.15) is 23.8 Å². The van der Waals surface area contributed by atoms with Gasteiger partial charge in [0, 0.05) is 39.6 Å². The molecule has 0 spiro atoms. The van der Waals surface area contributed by atoms with Crippen LogP contribution in [0.25, 0.3) is 16.7 Å². The molecular weight excluding hydrogens is 348 g/mol. The fourth-order valence-corrected chi connectivity index (χ4v) is 3.12. The first-order valence-corrected chi connectivity index (χ1v) is 8.86. The van der Waals surface area contributed by atoms with E-state index in [0.717, 1.165) is 0 Å². The van der Waals surface area contributed by atoms with E-state index >= 15 is 0 Å². The molecule has 1 atom stereocenters. The number of nitrogens with one attached hydrogen (secondary N) is 1. The second-order valence-electron chi connectivity index (χ2n) is 6.44. The zero-order valence-electron chi connectivity index (χ0n) is 15.8. The summed E-state index contributed by atoms with van der Waals surface area (Å²) in [5, 5.41) is 3.31. The molecule has 3 aromatic rings. The molecule has 3 aromatic heterocycles. The fraction of sp³-hybridized carbons (Fsp3) is 0.421. The van der Waals surface area contributed by atoms with Crippen molar-refractivity contribution in [2.45, 2.75) is 25.9 Å². The van der Waals surface area contributed by atoms with E-state index in [0.29, 0.717) is 48.6 Å². The SMILES string of the molecule is COCCCn1c(C(=O)N[C@@H](C)COC)cc2c(=O)n3ccccc3nc21. The average Bonchev–Trinajstić information content (AvgIpc) is 3.01. The molecule has 0 aliphatic heterocycles. The van der Waals surface area contributed by atoms with Crippen molar-refractivity contribution in [2.75, 3.05) is 27.4 Å². The van der Waals surface area contributed by atoms with Gasteiger partial charge in [0.1, 0.15) is 17.0 Å². The molecule has 1 N–H and O–H groups in total. The Morgan fingerprint density at radius 1 is 1.30 bits per heavy atom. The number of hydrogen-bond acceptors (Lipinski definition) is 5. The third-order valence-electron chi connectivity index (χ3n) is 4.33. The highest BCUT2D eigenvalue weighted by atomic mass is 16.5. The fourth-order valence-electron chi connectivity index (χ4n) is 3.12. The van der Waals surface area contributed by atoms with Crippen LogP contribution in [-0.4, -0.2) is 53.3 Å². The maximum Gasteiger partial charge on any atom is 0.268 e. The zero-order chi connectivity index (χ0) is 19.4. The second kappa shape index (κ2) is 8.32. The van der Waals surface area contributed by atoms with Gasteiger partial charge >= 0.3 is 0 Å². The van der Waals surface area contributed by atoms with Gasteiger partial charge in [0.25, 0.3) is 11.5 Å². The van der Waals surface area contributed by atoms with Gasteiger partial charge in [-0.15, -0.1) is 0 Å². The molecule has 8 heteroatoms. The Kier molecular flexibility index (Phi) is 5.88. The number of nitrogens with zero attached hydrogens (tertiary/aromatic N) is 3. The number of aromatic nitrogens is 3. The lowest BCUT2D eigenvalue weighted by atomic mass is 10.3. The number of carbonyl (C=O) groups excluding carboxylic acids is 1. The van der Waals surface area contributed by atoms with E-state index in [1.165, 1.54) is 4.40 Å². The Morgan fingerprint density at radius 2 is 2.11 bits per heavy atom. The van der Waals surface area contributed by atoms with Crippen LogP contribution in [-0.2, 0) is 16.0 Å². The Morgan fingerprint density at radius 3 is 2.85 bits per heavy atom. The maximum atomic E-state index is 12.9. The maximum absolute atomic E-state index is 12.9. The molecule has 0 bridgehead atoms. The standard InChI is InChI=1S/C19H24N4O4/c1-13(12-27-3)20-18(24)15-11-14-17(22(15)9-6-10-26-2)21-16-7-4-5-8-23(16)19(14)25/h4-5,7-8,11,13H,6,9-10,12H2,1-3H3,(H,20,24)/t13-/m0/s1. The number of amides is 1. The van der Waals surface area contributed by atoms with Crippen molar-refractivity contribution in [3.8, 4) is 0 Å². The number of pyridine rings is 1. The highest BCUT2D eigenvalue weighted by molar-refractivity contribution is 5.98. The topological polar surface area (TPSA) is 86.9 Å². The highest BCUT2D eigenvalue weighted by Crippen LogP contribution is 2.17. The minimum absolute atomic E-state index is 0.152. The van der Waals surface area contributed by atoms with E-state index in [4.69, 9.17) is 9.47 Å². The van der Waals surface area contributed by atoms with Crippen molar-refractivity contribution in [2.24, 2.45) is 0 Å². The Balaban J connectivity index is 2.11. The molecule has 0 aliphatic rings. The van der Waals surface area contributed by atoms with Gasteiger partial charge in [-0.2, -0.15) is 0 Å². The van der Waals surface area contributed by atoms with E-state index < -0.39 is 0 Å². The van der Waals surface area contributed by atoms with Crippen LogP contribution in [0.2, 0.25) is 0 Å². The van der Waals surface area contributed by atoms with Gasteiger partial charge in [-0.1, -0.05) is 6.07 Å². The third-order valence-corrected chi connectivity index (χ3v) is 4.33. The first-order chi connectivity index (χ1) is 13.1. The number of hydrogen-bond donors (Lipinski definition) is 1. The summed E-state index contributed by atoms with van der Waals surface area (Å²) in [7, 11) is 3.22. The molecule has 0 aromatic carbocycles. The van der Waals surface area contributed by atoms with Crippen molar-refractivity contribution in [1.29, 1.82) is 0 Å². The van der Waals surface area contributed by atoms with Crippen LogP contribution in [0.4, 0.5) is 0 Å². The van der Waals surface area contributed by atoms with Crippen molar-refractivity contribution in [1.82, 2.24) is 19.3 Å². The Labute approximate surface area is 156 Å². The first kappa shape index (κ1) is 19.1. The summed E-state index contributed by atoms with van der Waals surface area (Å²) >= 11 is 0. The van der Waals surface area contributed by atoms with Gasteiger partial charge in [-0.25, -0.2) is 4.98 Å². The minimum atomic E-state index is -0.261. The summed E-state index contributed by atoms with van der Waals surface area (Å²) in [4.78, 5) is 30.3. The lowest BCUT2D eigenvalue weighted by Crippen LogP contribution is -2.36. The quantitative estimate of drug-likeness (QED) is 0.605. The molecule has 144 valence electrons. The second-order valence-corrected chi connectivity index (χ2v) is 6.44. The summed E-state index contributed by atoms with van der Waals surface area (Å²) in [6, 6.07) is 6.84. The van der Waals surface area contributed by atoms with Crippen LogP contribution in [0.5, 0.6) is 0 Å². The molecule has 0 saturated carbocycles. The van der Waals surface area contributed by atoms with E-state index in [9.17, 15) is 9.59 Å². The van der Waals surface area contributed by atoms with Crippen LogP contribution >= 0.6 is 0 Å². The number of fused-ring (bicyclic) bond motifs is 2. The van der Waals surface area contributed by atoms with Crippen LogP contribution in [0.3, 0.4) is 0 Å². The largest absolute Gasteiger partial charge is 0.385 e. The summed E-state index contributed by atoms with van der Waals surface area (Å²) in [5.41, 5.74) is 1.26. The molecule has 0 radical (unpaired) electrons. The molecule has 3 rings (SSSR count). The van der Waals surface area contributed by atoms with Crippen molar-refractivity contribution in [3.05, 3.63) is 46.5 Å². The lowest BCUT2D eigenvalue weighted by Gasteiger charge is -2.14. The minimum Gasteiger partial charge on any atom is -0.385 e. The lowest BCUT2D eigenvalue weighted by molar-refractivity contribution is 0.0895. The van der Waals surface area contributed by atoms with E-state index in [1.807, 2.05) is 13.0 Å². The molecule has 1 amide bonds. The van der Waals surface area contributed by atoms with E-state index in [2.05, 4.69) is 10.3 Å². The predicted molar refractivity (Wildman–Crippen MR) is 102 cm³/mol. The van der Waals surface area contributed by atoms with Gasteiger partial charge in [0.15, 0.2) is 0 Å². The van der Waals surface area contributed by atoms with Crippen LogP contribution in [0, 0.1) is 0 Å². The van der Waals surface area contributed by atoms with Crippen LogP contribution in [0.15, 0.2) is 35.3 Å². The molecule has 0 saturated heterocycles. The Bertz CT molecular complexity index is 1010. The first-order valence-electron chi connectivity index (χ1n) is 8.86. The molecule has 27 heavy (non-hydrogen) atoms. The number of carbonyl (C=O) groups is 1. The van der Waals surface area contributed by atoms with Gasteiger partial charge in [-0.3, -0.25) is 14.0 Å². The zero-order valence-corrected chi connectivity index (χ0v) is 15.8. The predicted octanol–water partition coefficient (Wildman–Crippen LogP) is 1.45. The monoisotopic (exact) mass is 372 g/mol. The smallest absolute Gasteiger partial charge is 0.268 e. The molecule has 3 heterocycles. The average molecular weight is 372 g/mol. The van der Waals surface area contributed by atoms with E-state index in [1.54, 1.807) is 43.2 Å². The Hall–Kier alpha value is -2.71. The summed E-state index contributed by atoms with van der Waals surface area (Å²) < 4.78 is 13.5. The summed E-state index contributed by atoms with van der Waals surface area (Å²) in [5.74, 6) is -0.261. The highest BCUT2D eigenvalue weighted by Gasteiger charge is 2.20. The van der Waals surface area contributed by atoms with E-state index in [-0.39, 0.29) is 17.5 Å². The normalized spacial score (nSPS) is 12.6. The molecule has 0 unspecified atom stereocenters. The van der Waals surface area contributed by atoms with Crippen LogP contribution < -0.4 is 10.9 Å². The summed E-state index contributed by atoms with van der Waals surface area (Å²) in [6.07, 6.45) is 2.37. The molecule has 8 nitrogen and oxygen atoms in total. The number of methoxy groups -OCH3 is 2. The molecule has 0 aliphatic carbocycles. The van der Waals surface area contributed by atoms with Gasteiger partial charge in [0.2, 0.25) is 0 Å².